The Bertz CT molecular complexity index is 764. The number of alkyl halides is 1. The standard InChI is InChI=1S/C21H28Cl2N4/c1-13-4-3-5-14(2)27(13)21-25-19-9-11-24-10-8-16(19)20(26-21)15-6-7-17(22)18(23)12-15/h6-7,13-14,18,24H,3-5,8-12H2,1-2H3/t13-,14+,18?. The molecule has 3 heterocycles. The van der Waals surface area contributed by atoms with Crippen molar-refractivity contribution in [3.05, 3.63) is 34.1 Å². The number of nitrogens with one attached hydrogen (secondary N) is 1. The molecule has 2 aliphatic heterocycles. The smallest absolute Gasteiger partial charge is 0.226 e. The van der Waals surface area contributed by atoms with E-state index in [4.69, 9.17) is 33.2 Å². The zero-order valence-corrected chi connectivity index (χ0v) is 17.7. The van der Waals surface area contributed by atoms with Gasteiger partial charge in [-0.2, -0.15) is 0 Å². The summed E-state index contributed by atoms with van der Waals surface area (Å²) in [5.74, 6) is 0.887. The second kappa shape index (κ2) is 8.10. The van der Waals surface area contributed by atoms with Crippen LogP contribution < -0.4 is 10.2 Å². The summed E-state index contributed by atoms with van der Waals surface area (Å²) < 4.78 is 0. The van der Waals surface area contributed by atoms with Gasteiger partial charge in [0.1, 0.15) is 0 Å². The van der Waals surface area contributed by atoms with Gasteiger partial charge in [0.25, 0.3) is 0 Å². The minimum atomic E-state index is -0.169. The molecular formula is C21H28Cl2N4. The van der Waals surface area contributed by atoms with Gasteiger partial charge in [0.15, 0.2) is 0 Å². The van der Waals surface area contributed by atoms with Crippen LogP contribution in [-0.4, -0.2) is 40.5 Å². The van der Waals surface area contributed by atoms with Crippen molar-refractivity contribution in [3.63, 3.8) is 0 Å². The third-order valence-corrected chi connectivity index (χ3v) is 6.93. The largest absolute Gasteiger partial charge is 0.335 e. The van der Waals surface area contributed by atoms with Crippen LogP contribution in [0.5, 0.6) is 0 Å². The lowest BCUT2D eigenvalue weighted by Gasteiger charge is -2.39. The van der Waals surface area contributed by atoms with E-state index < -0.39 is 0 Å². The molecule has 4 nitrogen and oxygen atoms in total. The van der Waals surface area contributed by atoms with Gasteiger partial charge < -0.3 is 10.2 Å². The van der Waals surface area contributed by atoms with E-state index in [-0.39, 0.29) is 5.38 Å². The number of nitrogens with zero attached hydrogens (tertiary/aromatic N) is 3. The lowest BCUT2D eigenvalue weighted by molar-refractivity contribution is 0.407. The zero-order valence-electron chi connectivity index (χ0n) is 16.1. The number of halogens is 2. The van der Waals surface area contributed by atoms with Crippen LogP contribution in [0.4, 0.5) is 5.95 Å². The van der Waals surface area contributed by atoms with E-state index in [2.05, 4.69) is 30.1 Å². The molecule has 3 aliphatic rings. The van der Waals surface area contributed by atoms with Gasteiger partial charge in [-0.05, 0) is 64.1 Å². The van der Waals surface area contributed by atoms with Gasteiger partial charge in [-0.1, -0.05) is 17.7 Å². The maximum Gasteiger partial charge on any atom is 0.226 e. The Morgan fingerprint density at radius 1 is 1.07 bits per heavy atom. The number of piperidine rings is 1. The Kier molecular flexibility index (Phi) is 5.77. The highest BCUT2D eigenvalue weighted by Gasteiger charge is 2.30. The molecule has 1 aromatic heterocycles. The average Bonchev–Trinajstić information content (AvgIpc) is 2.89. The molecule has 0 saturated carbocycles. The molecule has 1 unspecified atom stereocenters. The average molecular weight is 407 g/mol. The SMILES string of the molecule is C[C@@H]1CCC[C@H](C)N1c1nc2c(c(C3=CC=C(Cl)C(Cl)C3)n1)CCNCC2. The van der Waals surface area contributed by atoms with Gasteiger partial charge in [-0.25, -0.2) is 9.97 Å². The van der Waals surface area contributed by atoms with Gasteiger partial charge in [-0.3, -0.25) is 0 Å². The van der Waals surface area contributed by atoms with E-state index in [0.717, 1.165) is 44.0 Å². The molecule has 146 valence electrons. The summed E-state index contributed by atoms with van der Waals surface area (Å²) in [5, 5.41) is 4.04. The van der Waals surface area contributed by atoms with E-state index in [0.29, 0.717) is 17.1 Å². The molecule has 0 bridgehead atoms. The van der Waals surface area contributed by atoms with Gasteiger partial charge >= 0.3 is 0 Å². The molecule has 4 rings (SSSR count). The molecule has 0 aromatic carbocycles. The summed E-state index contributed by atoms with van der Waals surface area (Å²) in [6, 6.07) is 0.943. The molecule has 1 aliphatic carbocycles. The van der Waals surface area contributed by atoms with Gasteiger partial charge in [0.2, 0.25) is 5.95 Å². The van der Waals surface area contributed by atoms with Crippen molar-refractivity contribution in [2.24, 2.45) is 0 Å². The lowest BCUT2D eigenvalue weighted by atomic mass is 9.94. The van der Waals surface area contributed by atoms with E-state index in [9.17, 15) is 0 Å². The van der Waals surface area contributed by atoms with Crippen LogP contribution >= 0.6 is 23.2 Å². The molecule has 3 atom stereocenters. The monoisotopic (exact) mass is 406 g/mol. The number of anilines is 1. The molecule has 0 radical (unpaired) electrons. The Balaban J connectivity index is 1.82. The molecule has 27 heavy (non-hydrogen) atoms. The van der Waals surface area contributed by atoms with Crippen molar-refractivity contribution in [1.29, 1.82) is 0 Å². The van der Waals surface area contributed by atoms with Crippen molar-refractivity contribution < 1.29 is 0 Å². The predicted molar refractivity (Wildman–Crippen MR) is 114 cm³/mol. The highest BCUT2D eigenvalue weighted by atomic mass is 35.5. The lowest BCUT2D eigenvalue weighted by Crippen LogP contribution is -2.45. The van der Waals surface area contributed by atoms with E-state index in [1.165, 1.54) is 36.1 Å². The molecule has 1 N–H and O–H groups in total. The fraction of sp³-hybridized carbons (Fsp3) is 0.619. The zero-order chi connectivity index (χ0) is 19.0. The van der Waals surface area contributed by atoms with Gasteiger partial charge in [0.05, 0.1) is 16.8 Å². The number of allylic oxidation sites excluding steroid dienone is 4. The first-order valence-corrected chi connectivity index (χ1v) is 11.0. The molecule has 0 amide bonds. The first-order chi connectivity index (χ1) is 13.0. The van der Waals surface area contributed by atoms with Crippen LogP contribution in [0.15, 0.2) is 17.2 Å². The molecular weight excluding hydrogens is 379 g/mol. The molecule has 0 spiro atoms. The number of fused-ring (bicyclic) bond motifs is 1. The van der Waals surface area contributed by atoms with Crippen LogP contribution in [0.25, 0.3) is 5.57 Å². The van der Waals surface area contributed by atoms with Crippen LogP contribution in [0.3, 0.4) is 0 Å². The van der Waals surface area contributed by atoms with Gasteiger partial charge in [-0.15, -0.1) is 11.6 Å². The Morgan fingerprint density at radius 2 is 1.81 bits per heavy atom. The third kappa shape index (κ3) is 3.90. The fourth-order valence-corrected chi connectivity index (χ4v) is 4.93. The van der Waals surface area contributed by atoms with Crippen molar-refractivity contribution in [3.8, 4) is 0 Å². The third-order valence-electron chi connectivity index (χ3n) is 6.04. The van der Waals surface area contributed by atoms with Crippen molar-refractivity contribution in [1.82, 2.24) is 15.3 Å². The number of hydrogen-bond donors (Lipinski definition) is 1. The van der Waals surface area contributed by atoms with E-state index in [1.807, 2.05) is 6.08 Å². The highest BCUT2D eigenvalue weighted by molar-refractivity contribution is 6.38. The van der Waals surface area contributed by atoms with Crippen LogP contribution in [0.2, 0.25) is 0 Å². The highest BCUT2D eigenvalue weighted by Crippen LogP contribution is 2.36. The minimum Gasteiger partial charge on any atom is -0.335 e. The summed E-state index contributed by atoms with van der Waals surface area (Å²) in [4.78, 5) is 12.6. The Hall–Kier alpha value is -1.10. The molecule has 6 heteroatoms. The summed E-state index contributed by atoms with van der Waals surface area (Å²) >= 11 is 12.7. The second-order valence-electron chi connectivity index (χ2n) is 8.00. The topological polar surface area (TPSA) is 41.1 Å². The van der Waals surface area contributed by atoms with Crippen LogP contribution in [0, 0.1) is 0 Å². The molecule has 1 fully saturated rings. The summed E-state index contributed by atoms with van der Waals surface area (Å²) in [6.07, 6.45) is 10.3. The van der Waals surface area contributed by atoms with Crippen molar-refractivity contribution in [2.75, 3.05) is 18.0 Å². The van der Waals surface area contributed by atoms with Crippen LogP contribution in [-0.2, 0) is 12.8 Å². The number of hydrogen-bond acceptors (Lipinski definition) is 4. The Labute approximate surface area is 172 Å². The fourth-order valence-electron chi connectivity index (χ4n) is 4.55. The first kappa shape index (κ1) is 19.2. The summed E-state index contributed by atoms with van der Waals surface area (Å²) in [7, 11) is 0. The van der Waals surface area contributed by atoms with Crippen LogP contribution in [0.1, 0.15) is 56.5 Å². The minimum absolute atomic E-state index is 0.169. The van der Waals surface area contributed by atoms with Crippen molar-refractivity contribution in [2.45, 2.75) is 69.8 Å². The predicted octanol–water partition coefficient (Wildman–Crippen LogP) is 4.45. The van der Waals surface area contributed by atoms with E-state index in [1.54, 1.807) is 0 Å². The second-order valence-corrected chi connectivity index (χ2v) is 8.96. The van der Waals surface area contributed by atoms with E-state index >= 15 is 0 Å². The number of aromatic nitrogens is 2. The normalized spacial score (nSPS) is 28.9. The molecule has 1 saturated heterocycles. The molecule has 1 aromatic rings. The van der Waals surface area contributed by atoms with Crippen molar-refractivity contribution >= 4 is 34.7 Å². The maximum atomic E-state index is 6.45. The summed E-state index contributed by atoms with van der Waals surface area (Å²) in [6.45, 7) is 6.52. The summed E-state index contributed by atoms with van der Waals surface area (Å²) in [5.41, 5.74) is 4.73. The Morgan fingerprint density at radius 3 is 2.56 bits per heavy atom. The first-order valence-electron chi connectivity index (χ1n) is 10.1. The number of rotatable bonds is 2. The van der Waals surface area contributed by atoms with Gasteiger partial charge in [0, 0.05) is 35.6 Å². The maximum absolute atomic E-state index is 6.45. The quantitative estimate of drug-likeness (QED) is 0.736.